The lowest BCUT2D eigenvalue weighted by molar-refractivity contribution is -0.140. The van der Waals surface area contributed by atoms with Crippen LogP contribution in [-0.2, 0) is 14.3 Å². The van der Waals surface area contributed by atoms with Crippen LogP contribution in [0.1, 0.15) is 53.9 Å². The number of carbonyl (C=O) groups excluding carboxylic acids is 2. The fraction of sp³-hybridized carbons (Fsp3) is 0.480. The van der Waals surface area contributed by atoms with Gasteiger partial charge in [-0.05, 0) is 30.9 Å². The molecule has 1 unspecified atom stereocenters. The maximum Gasteiger partial charge on any atom is 0.295 e. The van der Waals surface area contributed by atoms with Gasteiger partial charge in [-0.15, -0.1) is 0 Å². The third-order valence-electron chi connectivity index (χ3n) is 6.58. The van der Waals surface area contributed by atoms with E-state index in [2.05, 4.69) is 28.9 Å². The van der Waals surface area contributed by atoms with Crippen molar-refractivity contribution >= 4 is 17.4 Å². The van der Waals surface area contributed by atoms with Crippen LogP contribution >= 0.6 is 0 Å². The van der Waals surface area contributed by atoms with E-state index in [1.54, 1.807) is 18.7 Å². The molecule has 2 aromatic rings. The fourth-order valence-electron chi connectivity index (χ4n) is 4.63. The summed E-state index contributed by atoms with van der Waals surface area (Å²) >= 11 is 0. The van der Waals surface area contributed by atoms with Gasteiger partial charge >= 0.3 is 0 Å². The number of ketones is 1. The number of aromatic amines is 1. The van der Waals surface area contributed by atoms with E-state index in [9.17, 15) is 14.7 Å². The first-order chi connectivity index (χ1) is 15.8. The molecule has 0 bridgehead atoms. The minimum absolute atomic E-state index is 0.117. The van der Waals surface area contributed by atoms with Gasteiger partial charge in [0.15, 0.2) is 0 Å². The minimum Gasteiger partial charge on any atom is -0.507 e. The molecule has 0 aliphatic carbocycles. The van der Waals surface area contributed by atoms with E-state index >= 15 is 0 Å². The molecule has 1 aromatic carbocycles. The molecule has 2 fully saturated rings. The van der Waals surface area contributed by atoms with Crippen LogP contribution in [0.5, 0.6) is 0 Å². The molecule has 0 saturated carbocycles. The molecule has 4 rings (SSSR count). The predicted octanol–water partition coefficient (Wildman–Crippen LogP) is 2.90. The third kappa shape index (κ3) is 4.45. The molecule has 1 aromatic heterocycles. The van der Waals surface area contributed by atoms with Crippen molar-refractivity contribution in [1.82, 2.24) is 20.0 Å². The van der Waals surface area contributed by atoms with Gasteiger partial charge in [0.25, 0.3) is 11.7 Å². The molecule has 2 aliphatic rings. The Labute approximate surface area is 194 Å². The molecule has 2 saturated heterocycles. The summed E-state index contributed by atoms with van der Waals surface area (Å²) in [6.45, 7) is 11.7. The Morgan fingerprint density at radius 2 is 1.82 bits per heavy atom. The Hall–Kier alpha value is -2.97. The lowest BCUT2D eigenvalue weighted by Crippen LogP contribution is -2.42. The number of aromatic nitrogens is 2. The highest BCUT2D eigenvalue weighted by Gasteiger charge is 2.46. The van der Waals surface area contributed by atoms with Crippen LogP contribution in [0.2, 0.25) is 0 Å². The summed E-state index contributed by atoms with van der Waals surface area (Å²) in [6, 6.07) is 7.31. The predicted molar refractivity (Wildman–Crippen MR) is 125 cm³/mol. The zero-order valence-electron chi connectivity index (χ0n) is 19.7. The number of H-pyrrole nitrogens is 1. The first-order valence-corrected chi connectivity index (χ1v) is 11.5. The molecule has 1 amide bonds. The van der Waals surface area contributed by atoms with Crippen LogP contribution in [0.15, 0.2) is 29.8 Å². The van der Waals surface area contributed by atoms with Crippen LogP contribution in [0.3, 0.4) is 0 Å². The molecular formula is C25H32N4O4. The van der Waals surface area contributed by atoms with Crippen LogP contribution in [0, 0.1) is 13.8 Å². The van der Waals surface area contributed by atoms with E-state index in [0.29, 0.717) is 49.2 Å². The standard InChI is InChI=1S/C25H32N4O4/c1-15(2)18-5-7-19(8-6-18)22-21(23(30)20-16(3)26-27-17(20)4)24(31)25(32)29(22)10-9-28-11-13-33-14-12-28/h5-8,15,22,30H,9-14H2,1-4H3,(H,26,27). The second kappa shape index (κ2) is 9.49. The summed E-state index contributed by atoms with van der Waals surface area (Å²) < 4.78 is 5.42. The summed E-state index contributed by atoms with van der Waals surface area (Å²) in [6.07, 6.45) is 0. The molecule has 0 spiro atoms. The molecule has 176 valence electrons. The molecular weight excluding hydrogens is 420 g/mol. The molecule has 3 heterocycles. The monoisotopic (exact) mass is 452 g/mol. The average molecular weight is 453 g/mol. The molecule has 8 nitrogen and oxygen atoms in total. The molecule has 2 N–H and O–H groups in total. The first-order valence-electron chi connectivity index (χ1n) is 11.5. The van der Waals surface area contributed by atoms with Crippen LogP contribution in [-0.4, -0.2) is 76.2 Å². The van der Waals surface area contributed by atoms with E-state index in [1.165, 1.54) is 5.56 Å². The molecule has 2 aliphatic heterocycles. The second-order valence-corrected chi connectivity index (χ2v) is 9.08. The smallest absolute Gasteiger partial charge is 0.295 e. The SMILES string of the molecule is Cc1n[nH]c(C)c1C(O)=C1C(=O)C(=O)N(CCN2CCOCC2)C1c1ccc(C(C)C)cc1. The number of aliphatic hydroxyl groups is 1. The van der Waals surface area contributed by atoms with Crippen molar-refractivity contribution < 1.29 is 19.4 Å². The van der Waals surface area contributed by atoms with E-state index < -0.39 is 17.7 Å². The quantitative estimate of drug-likeness (QED) is 0.397. The summed E-state index contributed by atoms with van der Waals surface area (Å²) in [5, 5.41) is 18.3. The van der Waals surface area contributed by atoms with E-state index in [1.807, 2.05) is 24.3 Å². The summed E-state index contributed by atoms with van der Waals surface area (Å²) in [4.78, 5) is 30.2. The van der Waals surface area contributed by atoms with Gasteiger partial charge in [-0.1, -0.05) is 38.1 Å². The maximum atomic E-state index is 13.2. The van der Waals surface area contributed by atoms with Gasteiger partial charge in [-0.25, -0.2) is 0 Å². The number of rotatable bonds is 6. The average Bonchev–Trinajstić information content (AvgIpc) is 3.28. The Bertz CT molecular complexity index is 1050. The van der Waals surface area contributed by atoms with Crippen molar-refractivity contribution in [3.63, 3.8) is 0 Å². The van der Waals surface area contributed by atoms with Gasteiger partial charge in [0, 0.05) is 31.9 Å². The number of nitrogens with zero attached hydrogens (tertiary/aromatic N) is 3. The lowest BCUT2D eigenvalue weighted by Gasteiger charge is -2.31. The van der Waals surface area contributed by atoms with E-state index in [4.69, 9.17) is 4.74 Å². The number of nitrogens with one attached hydrogen (secondary N) is 1. The number of aliphatic hydroxyl groups excluding tert-OH is 1. The Morgan fingerprint density at radius 3 is 2.39 bits per heavy atom. The van der Waals surface area contributed by atoms with Gasteiger partial charge in [0.2, 0.25) is 0 Å². The largest absolute Gasteiger partial charge is 0.507 e. The van der Waals surface area contributed by atoms with Crippen molar-refractivity contribution in [2.45, 2.75) is 39.7 Å². The number of benzene rings is 1. The number of aryl methyl sites for hydroxylation is 2. The lowest BCUT2D eigenvalue weighted by atomic mass is 9.93. The Balaban J connectivity index is 1.76. The highest BCUT2D eigenvalue weighted by Crippen LogP contribution is 2.40. The molecule has 8 heteroatoms. The fourth-order valence-corrected chi connectivity index (χ4v) is 4.63. The van der Waals surface area contributed by atoms with Gasteiger partial charge < -0.3 is 14.7 Å². The van der Waals surface area contributed by atoms with Crippen LogP contribution < -0.4 is 0 Å². The highest BCUT2D eigenvalue weighted by molar-refractivity contribution is 6.46. The zero-order valence-corrected chi connectivity index (χ0v) is 19.7. The number of Topliss-reactive ketones (excluding diaryl/α,β-unsaturated/α-hetero) is 1. The zero-order chi connectivity index (χ0) is 23.7. The minimum atomic E-state index is -0.660. The van der Waals surface area contributed by atoms with Gasteiger partial charge in [0.05, 0.1) is 36.1 Å². The summed E-state index contributed by atoms with van der Waals surface area (Å²) in [7, 11) is 0. The normalized spacial score (nSPS) is 21.4. The molecule has 0 radical (unpaired) electrons. The number of likely N-dealkylation sites (tertiary alicyclic amines) is 1. The van der Waals surface area contributed by atoms with Crippen molar-refractivity contribution in [1.29, 1.82) is 0 Å². The highest BCUT2D eigenvalue weighted by atomic mass is 16.5. The number of hydrogen-bond donors (Lipinski definition) is 2. The van der Waals surface area contributed by atoms with E-state index in [0.717, 1.165) is 18.7 Å². The number of carbonyl (C=O) groups is 2. The van der Waals surface area contributed by atoms with Crippen LogP contribution in [0.25, 0.3) is 5.76 Å². The number of hydrogen-bond acceptors (Lipinski definition) is 6. The number of amides is 1. The summed E-state index contributed by atoms with van der Waals surface area (Å²) in [5.41, 5.74) is 3.81. The van der Waals surface area contributed by atoms with Gasteiger partial charge in [-0.3, -0.25) is 19.6 Å². The Kier molecular flexibility index (Phi) is 6.67. The molecule has 33 heavy (non-hydrogen) atoms. The number of morpholine rings is 1. The van der Waals surface area contributed by atoms with Crippen molar-refractivity contribution in [2.24, 2.45) is 0 Å². The summed E-state index contributed by atoms with van der Waals surface area (Å²) in [5.74, 6) is -1.05. The Morgan fingerprint density at radius 1 is 1.15 bits per heavy atom. The van der Waals surface area contributed by atoms with Crippen molar-refractivity contribution in [3.05, 3.63) is 57.9 Å². The van der Waals surface area contributed by atoms with Crippen molar-refractivity contribution in [3.8, 4) is 0 Å². The van der Waals surface area contributed by atoms with Gasteiger partial charge in [0.1, 0.15) is 5.76 Å². The van der Waals surface area contributed by atoms with E-state index in [-0.39, 0.29) is 11.3 Å². The second-order valence-electron chi connectivity index (χ2n) is 9.08. The molecule has 1 atom stereocenters. The van der Waals surface area contributed by atoms with Gasteiger partial charge in [-0.2, -0.15) is 5.10 Å². The van der Waals surface area contributed by atoms with Crippen LogP contribution in [0.4, 0.5) is 0 Å². The third-order valence-corrected chi connectivity index (χ3v) is 6.58. The topological polar surface area (TPSA) is 98.8 Å². The number of ether oxygens (including phenoxy) is 1. The first kappa shape index (κ1) is 23.2. The van der Waals surface area contributed by atoms with Crippen molar-refractivity contribution in [2.75, 3.05) is 39.4 Å². The maximum absolute atomic E-state index is 13.2.